The molecule has 0 aromatic heterocycles. The Kier molecular flexibility index (Phi) is 13.8. The maximum atomic E-state index is 11.4. The summed E-state index contributed by atoms with van der Waals surface area (Å²) in [7, 11) is -3.45. The van der Waals surface area contributed by atoms with Crippen LogP contribution in [0, 0.1) is 0 Å². The number of unbranched alkanes of at least 4 members (excludes halogenated alkanes) is 9. The van der Waals surface area contributed by atoms with Gasteiger partial charge in [0.1, 0.15) is 0 Å². The first-order valence-electron chi connectivity index (χ1n) is 9.96. The summed E-state index contributed by atoms with van der Waals surface area (Å²) in [6.07, 6.45) is 18.3. The minimum Gasteiger partial charge on any atom is -0.359 e. The van der Waals surface area contributed by atoms with Gasteiger partial charge in [0.25, 0.3) is 10.1 Å². The van der Waals surface area contributed by atoms with Crippen LogP contribution in [0.5, 0.6) is 0 Å². The summed E-state index contributed by atoms with van der Waals surface area (Å²) >= 11 is 4.28. The highest BCUT2D eigenvalue weighted by Crippen LogP contribution is 2.15. The monoisotopic (exact) mass is 424 g/mol. The van der Waals surface area contributed by atoms with Crippen molar-refractivity contribution >= 4 is 32.9 Å². The standard InChI is InChI=1S/C18H36N2O3S3/c1-2-3-4-5-6-7-8-9-10-11-13-19-15-16-20(18-19)14-12-17-26(21,22)23-25-24/h15-16,24H,2-14,17-18H2,1H3. The van der Waals surface area contributed by atoms with Crippen molar-refractivity contribution in [3.8, 4) is 0 Å². The van der Waals surface area contributed by atoms with Gasteiger partial charge in [-0.25, -0.2) is 0 Å². The molecule has 0 aliphatic carbocycles. The number of rotatable bonds is 17. The molecule has 0 aromatic rings. The number of thiol groups is 1. The molecule has 0 atom stereocenters. The van der Waals surface area contributed by atoms with Crippen molar-refractivity contribution in [2.75, 3.05) is 25.5 Å². The van der Waals surface area contributed by atoms with Crippen molar-refractivity contribution in [2.45, 2.75) is 77.6 Å². The van der Waals surface area contributed by atoms with Gasteiger partial charge in [-0.3, -0.25) is 0 Å². The van der Waals surface area contributed by atoms with Crippen LogP contribution in [0.15, 0.2) is 12.4 Å². The summed E-state index contributed by atoms with van der Waals surface area (Å²) in [4.78, 5) is 4.46. The van der Waals surface area contributed by atoms with E-state index in [1.54, 1.807) is 0 Å². The van der Waals surface area contributed by atoms with Gasteiger partial charge in [0.05, 0.1) is 23.5 Å². The molecular weight excluding hydrogens is 388 g/mol. The second-order valence-corrected chi connectivity index (χ2v) is 9.67. The molecule has 154 valence electrons. The van der Waals surface area contributed by atoms with Crippen LogP contribution < -0.4 is 0 Å². The van der Waals surface area contributed by atoms with Gasteiger partial charge in [-0.15, -0.1) is 0 Å². The lowest BCUT2D eigenvalue weighted by molar-refractivity contribution is 0.261. The van der Waals surface area contributed by atoms with E-state index >= 15 is 0 Å². The zero-order chi connectivity index (χ0) is 19.1. The highest BCUT2D eigenvalue weighted by atomic mass is 33.1. The Balaban J connectivity index is 1.94. The van der Waals surface area contributed by atoms with E-state index in [1.165, 1.54) is 64.2 Å². The predicted octanol–water partition coefficient (Wildman–Crippen LogP) is 5.18. The molecular formula is C18H36N2O3S3. The average Bonchev–Trinajstić information content (AvgIpc) is 3.04. The van der Waals surface area contributed by atoms with Crippen LogP contribution in [-0.2, 0) is 13.7 Å². The second kappa shape index (κ2) is 14.9. The Morgan fingerprint density at radius 3 is 1.92 bits per heavy atom. The van der Waals surface area contributed by atoms with Gasteiger partial charge in [-0.1, -0.05) is 76.4 Å². The van der Waals surface area contributed by atoms with Gasteiger partial charge in [-0.2, -0.15) is 12.0 Å². The molecule has 0 amide bonds. The highest BCUT2D eigenvalue weighted by molar-refractivity contribution is 8.67. The largest absolute Gasteiger partial charge is 0.359 e. The highest BCUT2D eigenvalue weighted by Gasteiger charge is 2.15. The van der Waals surface area contributed by atoms with Gasteiger partial charge in [0.2, 0.25) is 0 Å². The molecule has 0 saturated heterocycles. The van der Waals surface area contributed by atoms with Crippen molar-refractivity contribution in [3.05, 3.63) is 12.4 Å². The first-order chi connectivity index (χ1) is 12.6. The van der Waals surface area contributed by atoms with Crippen LogP contribution in [0.1, 0.15) is 77.6 Å². The quantitative estimate of drug-likeness (QED) is 0.150. The minimum absolute atomic E-state index is 0.0311. The van der Waals surface area contributed by atoms with Gasteiger partial charge in [0.15, 0.2) is 0 Å². The first-order valence-corrected chi connectivity index (χ1v) is 13.3. The molecule has 0 spiro atoms. The van der Waals surface area contributed by atoms with Crippen LogP contribution in [0.3, 0.4) is 0 Å². The summed E-state index contributed by atoms with van der Waals surface area (Å²) in [5, 5.41) is 0. The van der Waals surface area contributed by atoms with Crippen LogP contribution in [0.25, 0.3) is 0 Å². The molecule has 1 aliphatic heterocycles. The van der Waals surface area contributed by atoms with Gasteiger partial charge < -0.3 is 9.80 Å². The molecule has 26 heavy (non-hydrogen) atoms. The van der Waals surface area contributed by atoms with Crippen molar-refractivity contribution < 1.29 is 12.0 Å². The van der Waals surface area contributed by atoms with E-state index in [-0.39, 0.29) is 5.75 Å². The van der Waals surface area contributed by atoms with E-state index in [0.717, 1.165) is 19.8 Å². The van der Waals surface area contributed by atoms with E-state index in [2.05, 4.69) is 44.4 Å². The van der Waals surface area contributed by atoms with Crippen LogP contribution in [0.4, 0.5) is 0 Å². The molecule has 8 heteroatoms. The third-order valence-electron chi connectivity index (χ3n) is 4.62. The topological polar surface area (TPSA) is 49.9 Å². The van der Waals surface area contributed by atoms with Crippen molar-refractivity contribution in [1.82, 2.24) is 9.80 Å². The molecule has 0 saturated carbocycles. The van der Waals surface area contributed by atoms with Gasteiger partial charge in [0, 0.05) is 25.5 Å². The maximum Gasteiger partial charge on any atom is 0.278 e. The number of nitrogens with zero attached hydrogens (tertiary/aromatic N) is 2. The number of hydrogen-bond acceptors (Lipinski definition) is 7. The molecule has 1 rings (SSSR count). The molecule has 1 heterocycles. The summed E-state index contributed by atoms with van der Waals surface area (Å²) in [5.74, 6) is 0.0311. The van der Waals surface area contributed by atoms with Crippen LogP contribution >= 0.6 is 22.7 Å². The Morgan fingerprint density at radius 2 is 1.38 bits per heavy atom. The summed E-state index contributed by atoms with van der Waals surface area (Å²) in [6.45, 7) is 4.93. The zero-order valence-electron chi connectivity index (χ0n) is 16.1. The van der Waals surface area contributed by atoms with Gasteiger partial charge in [-0.05, 0) is 12.8 Å². The van der Waals surface area contributed by atoms with Crippen molar-refractivity contribution in [2.24, 2.45) is 0 Å². The molecule has 5 nitrogen and oxygen atoms in total. The van der Waals surface area contributed by atoms with E-state index in [1.807, 2.05) is 0 Å². The molecule has 0 unspecified atom stereocenters. The molecule has 0 fully saturated rings. The zero-order valence-corrected chi connectivity index (χ0v) is 18.7. The summed E-state index contributed by atoms with van der Waals surface area (Å²) < 4.78 is 27.4. The Hall–Kier alpha value is -0.0500. The van der Waals surface area contributed by atoms with Crippen molar-refractivity contribution in [1.29, 1.82) is 0 Å². The molecule has 0 aromatic carbocycles. The van der Waals surface area contributed by atoms with Crippen molar-refractivity contribution in [3.63, 3.8) is 0 Å². The Bertz CT molecular complexity index is 472. The fourth-order valence-corrected chi connectivity index (χ4v) is 5.09. The molecule has 0 radical (unpaired) electrons. The summed E-state index contributed by atoms with van der Waals surface area (Å²) in [5.41, 5.74) is 0. The average molecular weight is 425 g/mol. The second-order valence-electron chi connectivity index (χ2n) is 7.00. The number of hydrogen-bond donors (Lipinski definition) is 1. The lowest BCUT2D eigenvalue weighted by Gasteiger charge is -2.21. The smallest absolute Gasteiger partial charge is 0.278 e. The van der Waals surface area contributed by atoms with Crippen LogP contribution in [-0.4, -0.2) is 43.7 Å². The fraction of sp³-hybridized carbons (Fsp3) is 0.889. The van der Waals surface area contributed by atoms with E-state index < -0.39 is 10.1 Å². The summed E-state index contributed by atoms with van der Waals surface area (Å²) in [6, 6.07) is 0. The lowest BCUT2D eigenvalue weighted by atomic mass is 10.1. The Labute approximate surface area is 170 Å². The minimum atomic E-state index is -3.45. The fourth-order valence-electron chi connectivity index (χ4n) is 3.13. The Morgan fingerprint density at radius 1 is 0.885 bits per heavy atom. The van der Waals surface area contributed by atoms with Crippen LogP contribution in [0.2, 0.25) is 0 Å². The third kappa shape index (κ3) is 12.4. The van der Waals surface area contributed by atoms with E-state index in [9.17, 15) is 8.42 Å². The normalized spacial score (nSPS) is 14.5. The van der Waals surface area contributed by atoms with E-state index in [4.69, 9.17) is 0 Å². The van der Waals surface area contributed by atoms with Gasteiger partial charge >= 0.3 is 0 Å². The maximum absolute atomic E-state index is 11.4. The predicted molar refractivity (Wildman–Crippen MR) is 115 cm³/mol. The molecule has 1 aliphatic rings. The lowest BCUT2D eigenvalue weighted by Crippen LogP contribution is -2.27. The molecule has 0 bridgehead atoms. The first kappa shape index (κ1) is 24.0. The SMILES string of the molecule is CCCCCCCCCCCCN1C=CN(CCCS(=O)(=O)OSS)C1. The molecule has 0 N–H and O–H groups in total. The van der Waals surface area contributed by atoms with E-state index in [0.29, 0.717) is 17.5 Å². The third-order valence-corrected chi connectivity index (χ3v) is 7.03.